The third-order valence-electron chi connectivity index (χ3n) is 4.03. The molecule has 2 fully saturated rings. The predicted octanol–water partition coefficient (Wildman–Crippen LogP) is 0.501. The smallest absolute Gasteiger partial charge is 0.225 e. The van der Waals surface area contributed by atoms with E-state index in [-0.39, 0.29) is 17.9 Å². The van der Waals surface area contributed by atoms with E-state index in [9.17, 15) is 9.90 Å². The summed E-state index contributed by atoms with van der Waals surface area (Å²) in [4.78, 5) is 20.3. The zero-order chi connectivity index (χ0) is 13.2. The maximum absolute atomic E-state index is 12.2. The molecule has 0 radical (unpaired) electrons. The number of carbonyl (C=O) groups is 1. The molecule has 3 rings (SSSR count). The van der Waals surface area contributed by atoms with Crippen LogP contribution in [0.15, 0.2) is 24.5 Å². The third kappa shape index (κ3) is 2.56. The van der Waals surface area contributed by atoms with Crippen molar-refractivity contribution in [1.29, 1.82) is 0 Å². The van der Waals surface area contributed by atoms with Crippen LogP contribution in [0, 0.1) is 5.92 Å². The van der Waals surface area contributed by atoms with Gasteiger partial charge in [0.15, 0.2) is 0 Å². The number of β-amino-alcohol motifs (C(OH)–C–C–N with tert-alkyl or cyclic N) is 1. The van der Waals surface area contributed by atoms with Gasteiger partial charge in [0.05, 0.1) is 18.0 Å². The molecule has 0 bridgehead atoms. The van der Waals surface area contributed by atoms with Crippen LogP contribution in [0.5, 0.6) is 0 Å². The van der Waals surface area contributed by atoms with Crippen molar-refractivity contribution >= 4 is 11.6 Å². The molecule has 5 heteroatoms. The van der Waals surface area contributed by atoms with E-state index in [1.54, 1.807) is 11.1 Å². The maximum Gasteiger partial charge on any atom is 0.225 e. The summed E-state index contributed by atoms with van der Waals surface area (Å²) in [6, 6.07) is 4.00. The highest BCUT2D eigenvalue weighted by Gasteiger charge is 2.34. The maximum atomic E-state index is 12.2. The molecule has 2 saturated heterocycles. The molecule has 102 valence electrons. The van der Waals surface area contributed by atoms with Gasteiger partial charge in [0.25, 0.3) is 0 Å². The minimum Gasteiger partial charge on any atom is -0.389 e. The van der Waals surface area contributed by atoms with Gasteiger partial charge in [-0.2, -0.15) is 0 Å². The first-order chi connectivity index (χ1) is 9.24. The Bertz CT molecular complexity index is 437. The van der Waals surface area contributed by atoms with E-state index in [1.165, 1.54) is 0 Å². The molecule has 1 aromatic heterocycles. The van der Waals surface area contributed by atoms with Crippen LogP contribution in [0.25, 0.3) is 0 Å². The first kappa shape index (κ1) is 12.4. The Balaban J connectivity index is 1.53. The molecule has 3 heterocycles. The first-order valence-corrected chi connectivity index (χ1v) is 6.86. The molecule has 0 aliphatic carbocycles. The lowest BCUT2D eigenvalue weighted by Gasteiger charge is -2.40. The Morgan fingerprint density at radius 3 is 2.63 bits per heavy atom. The lowest BCUT2D eigenvalue weighted by atomic mass is 9.93. The fourth-order valence-electron chi connectivity index (χ4n) is 2.82. The lowest BCUT2D eigenvalue weighted by Crippen LogP contribution is -2.56. The SMILES string of the molecule is O=C(C1CCN(c2cccnc2)CC1)N1CC(O)C1. The van der Waals surface area contributed by atoms with Crippen LogP contribution in [0.3, 0.4) is 0 Å². The number of aliphatic hydroxyl groups is 1. The van der Waals surface area contributed by atoms with Gasteiger partial charge in [-0.05, 0) is 25.0 Å². The van der Waals surface area contributed by atoms with Crippen molar-refractivity contribution in [3.63, 3.8) is 0 Å². The third-order valence-corrected chi connectivity index (χ3v) is 4.03. The van der Waals surface area contributed by atoms with Crippen LogP contribution in [0.4, 0.5) is 5.69 Å². The van der Waals surface area contributed by atoms with Gasteiger partial charge in [0.2, 0.25) is 5.91 Å². The van der Waals surface area contributed by atoms with Crippen molar-refractivity contribution in [2.75, 3.05) is 31.1 Å². The van der Waals surface area contributed by atoms with Crippen LogP contribution in [-0.4, -0.2) is 53.2 Å². The molecule has 1 amide bonds. The Labute approximate surface area is 112 Å². The molecule has 19 heavy (non-hydrogen) atoms. The zero-order valence-corrected chi connectivity index (χ0v) is 10.9. The van der Waals surface area contributed by atoms with E-state index in [1.807, 2.05) is 12.3 Å². The standard InChI is InChI=1S/C14H19N3O2/c18-13-9-17(10-13)14(19)11-3-6-16(7-4-11)12-2-1-5-15-8-12/h1-2,5,8,11,13,18H,3-4,6-7,9-10H2. The number of aromatic nitrogens is 1. The predicted molar refractivity (Wildman–Crippen MR) is 71.8 cm³/mol. The second kappa shape index (κ2) is 5.17. The molecule has 0 atom stereocenters. The molecular weight excluding hydrogens is 242 g/mol. The van der Waals surface area contributed by atoms with Crippen molar-refractivity contribution in [3.05, 3.63) is 24.5 Å². The van der Waals surface area contributed by atoms with Crippen LogP contribution in [-0.2, 0) is 4.79 Å². The molecule has 0 spiro atoms. The summed E-state index contributed by atoms with van der Waals surface area (Å²) in [5, 5.41) is 9.25. The number of likely N-dealkylation sites (tertiary alicyclic amines) is 1. The summed E-state index contributed by atoms with van der Waals surface area (Å²) in [7, 11) is 0. The van der Waals surface area contributed by atoms with E-state index in [2.05, 4.69) is 16.0 Å². The number of amides is 1. The topological polar surface area (TPSA) is 56.7 Å². The quantitative estimate of drug-likeness (QED) is 0.842. The summed E-state index contributed by atoms with van der Waals surface area (Å²) in [5.41, 5.74) is 1.13. The number of pyridine rings is 1. The van der Waals surface area contributed by atoms with Gasteiger partial charge in [0, 0.05) is 38.3 Å². The minimum atomic E-state index is -0.306. The monoisotopic (exact) mass is 261 g/mol. The first-order valence-electron chi connectivity index (χ1n) is 6.86. The number of rotatable bonds is 2. The Morgan fingerprint density at radius 1 is 1.32 bits per heavy atom. The van der Waals surface area contributed by atoms with E-state index in [0.717, 1.165) is 31.6 Å². The number of aliphatic hydroxyl groups excluding tert-OH is 1. The number of hydrogen-bond donors (Lipinski definition) is 1. The molecule has 0 aromatic carbocycles. The lowest BCUT2D eigenvalue weighted by molar-refractivity contribution is -0.146. The van der Waals surface area contributed by atoms with E-state index < -0.39 is 0 Å². The fourth-order valence-corrected chi connectivity index (χ4v) is 2.82. The van der Waals surface area contributed by atoms with Gasteiger partial charge in [-0.25, -0.2) is 0 Å². The summed E-state index contributed by atoms with van der Waals surface area (Å²) < 4.78 is 0. The average molecular weight is 261 g/mol. The molecule has 0 saturated carbocycles. The number of hydrogen-bond acceptors (Lipinski definition) is 4. The molecule has 5 nitrogen and oxygen atoms in total. The zero-order valence-electron chi connectivity index (χ0n) is 10.9. The van der Waals surface area contributed by atoms with Crippen molar-refractivity contribution in [2.24, 2.45) is 5.92 Å². The van der Waals surface area contributed by atoms with Crippen molar-refractivity contribution in [3.8, 4) is 0 Å². The summed E-state index contributed by atoms with van der Waals surface area (Å²) >= 11 is 0. The van der Waals surface area contributed by atoms with Gasteiger partial charge >= 0.3 is 0 Å². The Kier molecular flexibility index (Phi) is 3.38. The van der Waals surface area contributed by atoms with Crippen LogP contribution in [0.1, 0.15) is 12.8 Å². The van der Waals surface area contributed by atoms with E-state index >= 15 is 0 Å². The van der Waals surface area contributed by atoms with Gasteiger partial charge in [-0.1, -0.05) is 0 Å². The summed E-state index contributed by atoms with van der Waals surface area (Å²) in [6.45, 7) is 2.83. The van der Waals surface area contributed by atoms with Crippen molar-refractivity contribution in [2.45, 2.75) is 18.9 Å². The van der Waals surface area contributed by atoms with Gasteiger partial charge in [-0.15, -0.1) is 0 Å². The molecule has 1 N–H and O–H groups in total. The van der Waals surface area contributed by atoms with Crippen molar-refractivity contribution < 1.29 is 9.90 Å². The van der Waals surface area contributed by atoms with Gasteiger partial charge in [-0.3, -0.25) is 9.78 Å². The number of piperidine rings is 1. The molecule has 1 aromatic rings. The van der Waals surface area contributed by atoms with Crippen LogP contribution in [0.2, 0.25) is 0 Å². The largest absolute Gasteiger partial charge is 0.389 e. The van der Waals surface area contributed by atoms with Crippen LogP contribution < -0.4 is 4.90 Å². The molecule has 2 aliphatic heterocycles. The minimum absolute atomic E-state index is 0.125. The number of nitrogens with zero attached hydrogens (tertiary/aromatic N) is 3. The molecule has 2 aliphatic rings. The summed E-state index contributed by atoms with van der Waals surface area (Å²) in [6.07, 6.45) is 5.11. The van der Waals surface area contributed by atoms with Gasteiger partial charge in [0.1, 0.15) is 0 Å². The normalized spacial score (nSPS) is 21.3. The van der Waals surface area contributed by atoms with E-state index in [0.29, 0.717) is 13.1 Å². The number of anilines is 1. The van der Waals surface area contributed by atoms with E-state index in [4.69, 9.17) is 0 Å². The van der Waals surface area contributed by atoms with Crippen LogP contribution >= 0.6 is 0 Å². The highest BCUT2D eigenvalue weighted by molar-refractivity contribution is 5.80. The molecule has 0 unspecified atom stereocenters. The Morgan fingerprint density at radius 2 is 2.05 bits per heavy atom. The molecular formula is C14H19N3O2. The second-order valence-corrected chi connectivity index (χ2v) is 5.37. The van der Waals surface area contributed by atoms with Gasteiger partial charge < -0.3 is 14.9 Å². The van der Waals surface area contributed by atoms with Crippen molar-refractivity contribution in [1.82, 2.24) is 9.88 Å². The Hall–Kier alpha value is -1.62. The average Bonchev–Trinajstić information content (AvgIpc) is 2.44. The highest BCUT2D eigenvalue weighted by Crippen LogP contribution is 2.25. The number of carbonyl (C=O) groups excluding carboxylic acids is 1. The second-order valence-electron chi connectivity index (χ2n) is 5.37. The highest BCUT2D eigenvalue weighted by atomic mass is 16.3. The summed E-state index contributed by atoms with van der Waals surface area (Å²) in [5.74, 6) is 0.344. The fraction of sp³-hybridized carbons (Fsp3) is 0.571.